The van der Waals surface area contributed by atoms with E-state index in [1.165, 1.54) is 23.9 Å². The first-order valence-corrected chi connectivity index (χ1v) is 10.8. The van der Waals surface area contributed by atoms with E-state index >= 15 is 0 Å². The number of hydrogen-bond acceptors (Lipinski definition) is 5. The highest BCUT2D eigenvalue weighted by atomic mass is 32.2. The number of hydroxylamine groups is 3. The molecule has 1 saturated heterocycles. The van der Waals surface area contributed by atoms with Gasteiger partial charge in [0, 0.05) is 22.9 Å². The second kappa shape index (κ2) is 8.34. The zero-order valence-electron chi connectivity index (χ0n) is 16.7. The van der Waals surface area contributed by atoms with Crippen LogP contribution in [0.15, 0.2) is 52.3 Å². The average molecular weight is 454 g/mol. The number of fused-ring (bicyclic) bond motifs is 2. The van der Waals surface area contributed by atoms with Crippen molar-refractivity contribution in [3.63, 3.8) is 0 Å². The molecule has 0 atom stereocenters. The van der Waals surface area contributed by atoms with Crippen LogP contribution in [0.1, 0.15) is 12.0 Å². The normalized spacial score (nSPS) is 18.4. The summed E-state index contributed by atoms with van der Waals surface area (Å²) in [4.78, 5) is 16.9. The van der Waals surface area contributed by atoms with E-state index in [0.717, 1.165) is 21.5 Å². The Kier molecular flexibility index (Phi) is 5.91. The number of para-hydroxylation sites is 1. The lowest BCUT2D eigenvalue weighted by Gasteiger charge is -2.36. The van der Waals surface area contributed by atoms with Gasteiger partial charge in [-0.05, 0) is 36.8 Å². The van der Waals surface area contributed by atoms with Crippen LogP contribution in [-0.4, -0.2) is 65.2 Å². The first kappa shape index (κ1) is 21.9. The zero-order valence-corrected chi connectivity index (χ0v) is 17.5. The van der Waals surface area contributed by atoms with Gasteiger partial charge in [-0.25, -0.2) is 5.21 Å². The molecule has 0 radical (unpaired) electrons. The van der Waals surface area contributed by atoms with E-state index in [4.69, 9.17) is 5.11 Å². The quantitative estimate of drug-likeness (QED) is 0.506. The Balaban J connectivity index is 1.49. The molecule has 6 nitrogen and oxygen atoms in total. The third-order valence-electron chi connectivity index (χ3n) is 5.74. The van der Waals surface area contributed by atoms with E-state index in [0.29, 0.717) is 38.3 Å². The van der Waals surface area contributed by atoms with Gasteiger partial charge in [0.15, 0.2) is 0 Å². The highest BCUT2D eigenvalue weighted by molar-refractivity contribution is 7.99. The molecular formula is C21H23F3N3O3S+. The van der Waals surface area contributed by atoms with Crippen molar-refractivity contribution in [1.82, 2.24) is 4.90 Å². The molecule has 0 unspecified atom stereocenters. The standard InChI is InChI=1S/C21H22F3N3O3S/c22-21(23,24)15-6-7-19-17(14-15)26(16-4-1-2-5-18(16)31-19)9-3-8-25-10-12-27(30,13-11-25)20(28)29/h1-2,4-7,14,30H,3,8-13H2/p+1. The maximum Gasteiger partial charge on any atom is 0.547 e. The minimum Gasteiger partial charge on any atom is -0.433 e. The van der Waals surface area contributed by atoms with Crippen molar-refractivity contribution in [2.45, 2.75) is 22.4 Å². The summed E-state index contributed by atoms with van der Waals surface area (Å²) in [6.07, 6.45) is -4.97. The van der Waals surface area contributed by atoms with Crippen LogP contribution < -0.4 is 4.90 Å². The molecule has 31 heavy (non-hydrogen) atoms. The Labute approximate surface area is 182 Å². The number of rotatable bonds is 4. The van der Waals surface area contributed by atoms with Crippen molar-refractivity contribution in [3.8, 4) is 0 Å². The number of halogens is 3. The lowest BCUT2D eigenvalue weighted by molar-refractivity contribution is -1.04. The van der Waals surface area contributed by atoms with Gasteiger partial charge in [0.1, 0.15) is 13.1 Å². The first-order valence-electron chi connectivity index (χ1n) is 9.99. The molecule has 2 aliphatic rings. The summed E-state index contributed by atoms with van der Waals surface area (Å²) >= 11 is 1.46. The van der Waals surface area contributed by atoms with Crippen LogP contribution in [0.4, 0.5) is 29.3 Å². The molecule has 0 aliphatic carbocycles. The summed E-state index contributed by atoms with van der Waals surface area (Å²) in [7, 11) is 0. The maximum absolute atomic E-state index is 13.3. The molecule has 1 fully saturated rings. The highest BCUT2D eigenvalue weighted by Gasteiger charge is 2.40. The summed E-state index contributed by atoms with van der Waals surface area (Å²) in [5.41, 5.74) is 0.766. The number of quaternary nitrogens is 1. The van der Waals surface area contributed by atoms with Crippen LogP contribution in [0.3, 0.4) is 0 Å². The second-order valence-electron chi connectivity index (χ2n) is 7.75. The predicted octanol–water partition coefficient (Wildman–Crippen LogP) is 4.90. The number of benzene rings is 2. The minimum absolute atomic E-state index is 0.107. The van der Waals surface area contributed by atoms with Crippen molar-refractivity contribution < 1.29 is 32.9 Å². The molecule has 0 bridgehead atoms. The smallest absolute Gasteiger partial charge is 0.433 e. The number of anilines is 2. The fourth-order valence-electron chi connectivity index (χ4n) is 3.95. The average Bonchev–Trinajstić information content (AvgIpc) is 2.73. The second-order valence-corrected chi connectivity index (χ2v) is 8.83. The summed E-state index contributed by atoms with van der Waals surface area (Å²) < 4.78 is 38.9. The van der Waals surface area contributed by atoms with E-state index in [-0.39, 0.29) is 13.1 Å². The number of amides is 1. The van der Waals surface area contributed by atoms with Crippen molar-refractivity contribution in [3.05, 3.63) is 48.0 Å². The molecule has 4 rings (SSSR count). The van der Waals surface area contributed by atoms with Crippen LogP contribution in [0.2, 0.25) is 0 Å². The Bertz CT molecular complexity index is 978. The van der Waals surface area contributed by atoms with Crippen molar-refractivity contribution >= 4 is 29.2 Å². The van der Waals surface area contributed by atoms with E-state index in [1.54, 1.807) is 0 Å². The third kappa shape index (κ3) is 4.52. The zero-order chi connectivity index (χ0) is 22.2. The molecule has 2 N–H and O–H groups in total. The van der Waals surface area contributed by atoms with Crippen molar-refractivity contribution in [2.24, 2.45) is 0 Å². The lowest BCUT2D eigenvalue weighted by atomic mass is 10.1. The van der Waals surface area contributed by atoms with Crippen LogP contribution in [0, 0.1) is 0 Å². The van der Waals surface area contributed by atoms with Crippen LogP contribution in [-0.2, 0) is 6.18 Å². The molecule has 166 valence electrons. The fourth-order valence-corrected chi connectivity index (χ4v) is 5.03. The molecule has 2 aromatic carbocycles. The fraction of sp³-hybridized carbons (Fsp3) is 0.381. The molecule has 1 amide bonds. The topological polar surface area (TPSA) is 64.0 Å². The molecule has 0 aromatic heterocycles. The Morgan fingerprint density at radius 3 is 2.39 bits per heavy atom. The van der Waals surface area contributed by atoms with E-state index in [9.17, 15) is 23.2 Å². The van der Waals surface area contributed by atoms with Gasteiger partial charge >= 0.3 is 12.3 Å². The molecule has 0 spiro atoms. The van der Waals surface area contributed by atoms with Gasteiger partial charge in [0.25, 0.3) is 0 Å². The summed E-state index contributed by atoms with van der Waals surface area (Å²) in [5.74, 6) is 0. The van der Waals surface area contributed by atoms with E-state index in [1.807, 2.05) is 29.2 Å². The Morgan fingerprint density at radius 2 is 1.71 bits per heavy atom. The Morgan fingerprint density at radius 1 is 1.03 bits per heavy atom. The maximum atomic E-state index is 13.3. The van der Waals surface area contributed by atoms with E-state index < -0.39 is 22.5 Å². The van der Waals surface area contributed by atoms with Gasteiger partial charge in [-0.15, -0.1) is 0 Å². The minimum atomic E-state index is -4.41. The van der Waals surface area contributed by atoms with Crippen molar-refractivity contribution in [2.75, 3.05) is 44.2 Å². The van der Waals surface area contributed by atoms with E-state index in [2.05, 4.69) is 4.90 Å². The first-order chi connectivity index (χ1) is 14.7. The molecule has 0 saturated carbocycles. The number of carboxylic acid groups (broad SMARTS) is 1. The molecule has 2 aliphatic heterocycles. The molecule has 10 heteroatoms. The third-order valence-corrected chi connectivity index (χ3v) is 6.87. The number of carbonyl (C=O) groups is 1. The van der Waals surface area contributed by atoms with Crippen molar-refractivity contribution in [1.29, 1.82) is 0 Å². The number of alkyl halides is 3. The summed E-state index contributed by atoms with van der Waals surface area (Å²) in [6, 6.07) is 11.5. The largest absolute Gasteiger partial charge is 0.547 e. The number of nitrogens with zero attached hydrogens (tertiary/aromatic N) is 3. The van der Waals surface area contributed by atoms with Gasteiger partial charge < -0.3 is 10.0 Å². The molecule has 2 heterocycles. The van der Waals surface area contributed by atoms with Crippen LogP contribution in [0.25, 0.3) is 0 Å². The monoisotopic (exact) mass is 454 g/mol. The van der Waals surface area contributed by atoms with Gasteiger partial charge in [-0.3, -0.25) is 4.90 Å². The van der Waals surface area contributed by atoms with Gasteiger partial charge in [0.05, 0.1) is 30.0 Å². The lowest BCUT2D eigenvalue weighted by Crippen LogP contribution is -2.60. The summed E-state index contributed by atoms with van der Waals surface area (Å²) in [6.45, 7) is 2.31. The Hall–Kier alpha value is -2.27. The SMILES string of the molecule is O=C(O)[N+]1(O)CCN(CCCN2c3ccccc3Sc3ccc(C(F)(F)F)cc32)CC1. The summed E-state index contributed by atoms with van der Waals surface area (Å²) in [5, 5.41) is 19.1. The van der Waals surface area contributed by atoms with Gasteiger partial charge in [-0.1, -0.05) is 28.5 Å². The van der Waals surface area contributed by atoms with Crippen LogP contribution >= 0.6 is 11.8 Å². The number of piperazine rings is 1. The molecular weight excluding hydrogens is 431 g/mol. The molecule has 2 aromatic rings. The highest BCUT2D eigenvalue weighted by Crippen LogP contribution is 2.49. The predicted molar refractivity (Wildman–Crippen MR) is 110 cm³/mol. The van der Waals surface area contributed by atoms with Crippen LogP contribution in [0.5, 0.6) is 0 Å². The number of hydrogen-bond donors (Lipinski definition) is 2. The van der Waals surface area contributed by atoms with Gasteiger partial charge in [-0.2, -0.15) is 18.0 Å². The van der Waals surface area contributed by atoms with Gasteiger partial charge in [0.2, 0.25) is 0 Å².